The first-order valence-electron chi connectivity index (χ1n) is 31.6. The van der Waals surface area contributed by atoms with Crippen LogP contribution >= 0.6 is 15.9 Å². The number of benzene rings is 9. The van der Waals surface area contributed by atoms with Gasteiger partial charge in [0.15, 0.2) is 0 Å². The van der Waals surface area contributed by atoms with Gasteiger partial charge in [-0.3, -0.25) is 0 Å². The fraction of sp³-hybridized carbons (Fsp3) is 0.229. The van der Waals surface area contributed by atoms with E-state index in [-0.39, 0.29) is 16.2 Å². The molecule has 15 rings (SSSR count). The minimum Gasteiger partial charge on any atom is -0.354 e. The second kappa shape index (κ2) is 20.1. The first-order chi connectivity index (χ1) is 42.4. The van der Waals surface area contributed by atoms with Crippen molar-refractivity contribution in [3.63, 3.8) is 0 Å². The smallest absolute Gasteiger partial charge is 0.0801 e. The summed E-state index contributed by atoms with van der Waals surface area (Å²) in [5, 5.41) is 10.2. The molecule has 0 aliphatic carbocycles. The van der Waals surface area contributed by atoms with Crippen LogP contribution in [-0.2, 0) is 22.8 Å². The maximum Gasteiger partial charge on any atom is 0.0801 e. The van der Waals surface area contributed by atoms with E-state index < -0.39 is 0 Å². The monoisotopic (exact) mass is 1220 g/mol. The number of H-pyrrole nitrogens is 2. The molecule has 0 spiro atoms. The Morgan fingerprint density at radius 1 is 0.382 bits per heavy atom. The lowest BCUT2D eigenvalue weighted by atomic mass is 9.79. The van der Waals surface area contributed by atoms with E-state index in [1.54, 1.807) is 0 Å². The minimum atomic E-state index is -0.0570. The molecular formula is C83H76BrN5. The molecule has 440 valence electrons. The fourth-order valence-corrected chi connectivity index (χ4v) is 15.6. The van der Waals surface area contributed by atoms with Gasteiger partial charge < -0.3 is 14.5 Å². The van der Waals surface area contributed by atoms with Crippen LogP contribution in [0.4, 0.5) is 0 Å². The highest BCUT2D eigenvalue weighted by Gasteiger charge is 2.30. The van der Waals surface area contributed by atoms with Crippen molar-refractivity contribution in [1.82, 2.24) is 24.5 Å². The molecule has 2 aliphatic heterocycles. The lowest BCUT2D eigenvalue weighted by Gasteiger charge is -2.26. The highest BCUT2D eigenvalue weighted by Crippen LogP contribution is 2.52. The molecule has 4 aromatic heterocycles. The Balaban J connectivity index is 1.13. The van der Waals surface area contributed by atoms with Crippen LogP contribution < -0.4 is 0 Å². The van der Waals surface area contributed by atoms with Crippen LogP contribution in [-0.4, -0.2) is 24.5 Å². The number of hydrogen-bond acceptors (Lipinski definition) is 2. The van der Waals surface area contributed by atoms with Crippen molar-refractivity contribution < 1.29 is 0 Å². The lowest BCUT2D eigenvalue weighted by Crippen LogP contribution is -2.17. The van der Waals surface area contributed by atoms with Gasteiger partial charge >= 0.3 is 0 Å². The minimum absolute atomic E-state index is 0.0301. The largest absolute Gasteiger partial charge is 0.354 e. The summed E-state index contributed by atoms with van der Waals surface area (Å²) in [5.74, 6) is 0. The molecule has 2 aliphatic rings. The molecule has 9 aromatic carbocycles. The highest BCUT2D eigenvalue weighted by atomic mass is 79.9. The molecule has 8 bridgehead atoms. The molecule has 0 saturated carbocycles. The molecule has 6 heteroatoms. The first-order valence-corrected chi connectivity index (χ1v) is 32.4. The van der Waals surface area contributed by atoms with Crippen molar-refractivity contribution in [3.8, 4) is 44.5 Å². The second-order valence-electron chi connectivity index (χ2n) is 28.9. The van der Waals surface area contributed by atoms with Gasteiger partial charge in [-0.15, -0.1) is 0 Å². The van der Waals surface area contributed by atoms with E-state index in [9.17, 15) is 0 Å². The average molecular weight is 1220 g/mol. The van der Waals surface area contributed by atoms with Crippen molar-refractivity contribution in [2.45, 2.75) is 127 Å². The number of aryl methyl sites for hydroxylation is 6. The van der Waals surface area contributed by atoms with Crippen LogP contribution in [0.25, 0.3) is 145 Å². The van der Waals surface area contributed by atoms with Crippen LogP contribution in [0, 0.1) is 41.5 Å². The Bertz CT molecular complexity index is 5260. The fourth-order valence-electron chi connectivity index (χ4n) is 15.2. The molecule has 0 fully saturated rings. The van der Waals surface area contributed by atoms with E-state index in [4.69, 9.17) is 9.97 Å². The third-order valence-corrected chi connectivity index (χ3v) is 20.2. The number of hydrogen-bond donors (Lipinski definition) is 2. The van der Waals surface area contributed by atoms with Gasteiger partial charge in [0.25, 0.3) is 0 Å². The van der Waals surface area contributed by atoms with Crippen LogP contribution in [0.3, 0.4) is 0 Å². The molecule has 0 radical (unpaired) electrons. The molecular weight excluding hydrogens is 1150 g/mol. The Hall–Kier alpha value is -8.84. The van der Waals surface area contributed by atoms with Crippen molar-refractivity contribution >= 4 is 116 Å². The van der Waals surface area contributed by atoms with Crippen molar-refractivity contribution in [2.75, 3.05) is 0 Å². The van der Waals surface area contributed by atoms with Crippen LogP contribution in [0.1, 0.15) is 141 Å². The van der Waals surface area contributed by atoms with Gasteiger partial charge in [0, 0.05) is 61.3 Å². The van der Waals surface area contributed by atoms with Gasteiger partial charge in [-0.25, -0.2) is 9.97 Å². The van der Waals surface area contributed by atoms with E-state index in [2.05, 4.69) is 298 Å². The van der Waals surface area contributed by atoms with Crippen LogP contribution in [0.5, 0.6) is 0 Å². The summed E-state index contributed by atoms with van der Waals surface area (Å²) in [4.78, 5) is 19.5. The number of rotatable bonds is 6. The Labute approximate surface area is 531 Å². The number of nitrogens with zero attached hydrogens (tertiary/aromatic N) is 3. The topological polar surface area (TPSA) is 62.3 Å². The molecule has 5 nitrogen and oxygen atoms in total. The summed E-state index contributed by atoms with van der Waals surface area (Å²) in [5.41, 5.74) is 31.5. The molecule has 2 N–H and O–H groups in total. The second-order valence-corrected chi connectivity index (χ2v) is 29.7. The molecule has 13 aromatic rings. The molecule has 0 amide bonds. The molecule has 0 saturated heterocycles. The van der Waals surface area contributed by atoms with Gasteiger partial charge in [-0.1, -0.05) is 177 Å². The van der Waals surface area contributed by atoms with Gasteiger partial charge in [0.2, 0.25) is 0 Å². The van der Waals surface area contributed by atoms with E-state index in [1.165, 1.54) is 132 Å². The SMILES string of the molecule is Cc1cc(C)c(-c2c3nc(c(-c4cc5c6c7c4cccc7c4cccc7c(-c8ccc(C(C)(C)C)cc8)cc(c6c74)n5Cc4cc(C(C)(C)C)cc(C(C)(C)C)c4)c4ccc([nH]4)c(-c4c(C)cc(C)cc4C)c4nc(c(Br)c5ccc2[nH]5)C=C4)C=C3)c(C)c1. The first kappa shape index (κ1) is 56.7. The Morgan fingerprint density at radius 3 is 1.28 bits per heavy atom. The summed E-state index contributed by atoms with van der Waals surface area (Å²) in [6.07, 6.45) is 8.84. The Morgan fingerprint density at radius 2 is 0.787 bits per heavy atom. The standard InChI is InChI=1S/C83H76BrN5/c1-44-34-46(3)71(47(4)35-44)76-63-28-26-61(85-63)75(62-27-29-64(86-62)77(72-48(5)36-45(2)37-49(72)6)66-31-33-68(88-66)80(84)67-32-30-65(76)87-67)60-42-70-79-74-56(19-17-21-58(60)74)55-18-16-20-57-59(51-22-24-52(25-23-51)81(7,8)9)41-69(78(79)73(55)57)89(70)43-50-38-53(82(10,11)12)40-54(39-50)83(13,14)15/h16-42,85,88H,43H2,1-15H3. The number of fused-ring (bicyclic) bond motifs is 9. The summed E-state index contributed by atoms with van der Waals surface area (Å²) >= 11 is 4.07. The third-order valence-electron chi connectivity index (χ3n) is 19.3. The van der Waals surface area contributed by atoms with Crippen LogP contribution in [0.2, 0.25) is 0 Å². The number of halogens is 1. The maximum atomic E-state index is 5.93. The lowest BCUT2D eigenvalue weighted by molar-refractivity contribution is 0.566. The molecule has 0 unspecified atom stereocenters. The van der Waals surface area contributed by atoms with E-state index in [0.29, 0.717) is 6.54 Å². The van der Waals surface area contributed by atoms with Crippen LogP contribution in [0.15, 0.2) is 144 Å². The predicted molar refractivity (Wildman–Crippen MR) is 386 cm³/mol. The zero-order chi connectivity index (χ0) is 62.1. The van der Waals surface area contributed by atoms with E-state index in [1.807, 2.05) is 0 Å². The Kier molecular flexibility index (Phi) is 12.8. The summed E-state index contributed by atoms with van der Waals surface area (Å²) in [6.45, 7) is 35.0. The summed E-state index contributed by atoms with van der Waals surface area (Å²) in [6, 6.07) is 54.0. The molecule has 89 heavy (non-hydrogen) atoms. The van der Waals surface area contributed by atoms with Gasteiger partial charge in [-0.05, 0) is 228 Å². The van der Waals surface area contributed by atoms with Crippen molar-refractivity contribution in [3.05, 3.63) is 222 Å². The van der Waals surface area contributed by atoms with Gasteiger partial charge in [0.05, 0.1) is 43.8 Å². The average Bonchev–Trinajstić information content (AvgIpc) is 1.65. The third kappa shape index (κ3) is 9.13. The zero-order valence-corrected chi connectivity index (χ0v) is 55.6. The molecule has 0 atom stereocenters. The maximum absolute atomic E-state index is 5.93. The summed E-state index contributed by atoms with van der Waals surface area (Å²) < 4.78 is 3.57. The van der Waals surface area contributed by atoms with E-state index >= 15 is 0 Å². The van der Waals surface area contributed by atoms with E-state index in [0.717, 1.165) is 71.6 Å². The predicted octanol–water partition coefficient (Wildman–Crippen LogP) is 23.3. The summed E-state index contributed by atoms with van der Waals surface area (Å²) in [7, 11) is 0. The number of aromatic nitrogens is 5. The normalized spacial score (nSPS) is 13.1. The number of aromatic amines is 2. The quantitative estimate of drug-likeness (QED) is 0.129. The highest BCUT2D eigenvalue weighted by molar-refractivity contribution is 9.10. The number of nitrogens with one attached hydrogen (secondary N) is 2. The van der Waals surface area contributed by atoms with Crippen molar-refractivity contribution in [2.24, 2.45) is 0 Å². The zero-order valence-electron chi connectivity index (χ0n) is 54.0. The molecule has 6 heterocycles. The van der Waals surface area contributed by atoms with Gasteiger partial charge in [0.1, 0.15) is 0 Å². The van der Waals surface area contributed by atoms with Crippen molar-refractivity contribution in [1.29, 1.82) is 0 Å². The van der Waals surface area contributed by atoms with Gasteiger partial charge in [-0.2, -0.15) is 0 Å².